The fourth-order valence-electron chi connectivity index (χ4n) is 2.46. The molecule has 0 unspecified atom stereocenters. The molecule has 140 valence electrons. The molecule has 10 heteroatoms. The van der Waals surface area contributed by atoms with Gasteiger partial charge in [-0.3, -0.25) is 0 Å². The van der Waals surface area contributed by atoms with Crippen LogP contribution in [0.1, 0.15) is 0 Å². The van der Waals surface area contributed by atoms with Crippen LogP contribution in [-0.2, 0) is 0 Å². The van der Waals surface area contributed by atoms with Gasteiger partial charge in [0.1, 0.15) is 5.82 Å². The van der Waals surface area contributed by atoms with Crippen LogP contribution in [0, 0.1) is 23.3 Å². The van der Waals surface area contributed by atoms with Crippen molar-refractivity contribution in [1.29, 1.82) is 0 Å². The summed E-state index contributed by atoms with van der Waals surface area (Å²) in [6.07, 6.45) is 2.84. The van der Waals surface area contributed by atoms with E-state index in [-0.39, 0.29) is 16.7 Å². The van der Waals surface area contributed by atoms with Gasteiger partial charge in [-0.2, -0.15) is 4.98 Å². The standard InChI is InChI=1S/C17H13F4N5S/c1-27-15-13(21)11(19)10(18)12(20)14(15)25-8-4-2-3-7(5-8)9-6-24-17(23)26-16(9)22/h2-6,25H,1H3,(H4,22,23,24,26). The first-order chi connectivity index (χ1) is 12.8. The molecule has 3 rings (SSSR count). The average molecular weight is 395 g/mol. The Balaban J connectivity index is 2.05. The highest BCUT2D eigenvalue weighted by Gasteiger charge is 2.25. The second kappa shape index (κ2) is 7.31. The van der Waals surface area contributed by atoms with Crippen LogP contribution >= 0.6 is 11.8 Å². The maximum atomic E-state index is 14.2. The second-order valence-corrected chi connectivity index (χ2v) is 6.21. The lowest BCUT2D eigenvalue weighted by atomic mass is 10.1. The Morgan fingerprint density at radius 2 is 1.70 bits per heavy atom. The highest BCUT2D eigenvalue weighted by molar-refractivity contribution is 7.98. The molecule has 0 aliphatic heterocycles. The molecular weight excluding hydrogens is 382 g/mol. The van der Waals surface area contributed by atoms with E-state index in [9.17, 15) is 17.6 Å². The molecule has 0 saturated carbocycles. The van der Waals surface area contributed by atoms with E-state index in [0.29, 0.717) is 16.8 Å². The summed E-state index contributed by atoms with van der Waals surface area (Å²) in [4.78, 5) is 7.34. The van der Waals surface area contributed by atoms with Gasteiger partial charge >= 0.3 is 0 Å². The summed E-state index contributed by atoms with van der Waals surface area (Å²) in [5.41, 5.74) is 12.1. The summed E-state index contributed by atoms with van der Waals surface area (Å²) < 4.78 is 55.2. The third-order valence-corrected chi connectivity index (χ3v) is 4.50. The minimum atomic E-state index is -1.89. The summed E-state index contributed by atoms with van der Waals surface area (Å²) >= 11 is 0.745. The lowest BCUT2D eigenvalue weighted by molar-refractivity contribution is 0.401. The monoisotopic (exact) mass is 395 g/mol. The zero-order chi connectivity index (χ0) is 19.7. The number of benzene rings is 2. The molecule has 0 amide bonds. The third kappa shape index (κ3) is 3.47. The van der Waals surface area contributed by atoms with Crippen LogP contribution in [0.3, 0.4) is 0 Å². The van der Waals surface area contributed by atoms with Gasteiger partial charge in [-0.25, -0.2) is 22.5 Å². The second-order valence-electron chi connectivity index (χ2n) is 5.40. The molecule has 0 aliphatic rings. The van der Waals surface area contributed by atoms with E-state index >= 15 is 0 Å². The quantitative estimate of drug-likeness (QED) is 0.264. The van der Waals surface area contributed by atoms with Gasteiger partial charge in [0.2, 0.25) is 5.95 Å². The van der Waals surface area contributed by atoms with Gasteiger partial charge in [-0.05, 0) is 24.0 Å². The number of nitrogen functional groups attached to an aromatic ring is 2. The summed E-state index contributed by atoms with van der Waals surface area (Å²) in [7, 11) is 0. The van der Waals surface area contributed by atoms with E-state index in [2.05, 4.69) is 15.3 Å². The van der Waals surface area contributed by atoms with E-state index in [0.717, 1.165) is 11.8 Å². The molecule has 0 radical (unpaired) electrons. The van der Waals surface area contributed by atoms with E-state index < -0.39 is 29.0 Å². The highest BCUT2D eigenvalue weighted by Crippen LogP contribution is 2.37. The molecule has 0 saturated heterocycles. The number of halogens is 4. The van der Waals surface area contributed by atoms with Gasteiger partial charge in [0.05, 0.1) is 10.6 Å². The third-order valence-electron chi connectivity index (χ3n) is 3.71. The minimum absolute atomic E-state index is 0.00877. The molecule has 5 N–H and O–H groups in total. The van der Waals surface area contributed by atoms with Crippen LogP contribution in [0.15, 0.2) is 35.4 Å². The molecular formula is C17H13F4N5S. The molecule has 5 nitrogen and oxygen atoms in total. The van der Waals surface area contributed by atoms with Gasteiger partial charge in [-0.15, -0.1) is 11.8 Å². The molecule has 2 aromatic carbocycles. The van der Waals surface area contributed by atoms with Crippen molar-refractivity contribution in [2.45, 2.75) is 4.90 Å². The van der Waals surface area contributed by atoms with Crippen molar-refractivity contribution in [3.63, 3.8) is 0 Å². The maximum Gasteiger partial charge on any atom is 0.221 e. The van der Waals surface area contributed by atoms with Crippen LogP contribution in [0.25, 0.3) is 11.1 Å². The molecule has 1 heterocycles. The first kappa shape index (κ1) is 18.8. The van der Waals surface area contributed by atoms with Gasteiger partial charge < -0.3 is 16.8 Å². The number of hydrogen-bond donors (Lipinski definition) is 3. The molecule has 0 atom stereocenters. The minimum Gasteiger partial charge on any atom is -0.383 e. The van der Waals surface area contributed by atoms with Crippen molar-refractivity contribution in [2.75, 3.05) is 23.0 Å². The van der Waals surface area contributed by atoms with Gasteiger partial charge in [0, 0.05) is 17.4 Å². The number of thioether (sulfide) groups is 1. The Kier molecular flexibility index (Phi) is 5.08. The first-order valence-corrected chi connectivity index (χ1v) is 8.71. The van der Waals surface area contributed by atoms with Crippen LogP contribution in [-0.4, -0.2) is 16.2 Å². The van der Waals surface area contributed by atoms with Crippen molar-refractivity contribution in [1.82, 2.24) is 9.97 Å². The highest BCUT2D eigenvalue weighted by atomic mass is 32.2. The molecule has 1 aromatic heterocycles. The zero-order valence-electron chi connectivity index (χ0n) is 13.9. The van der Waals surface area contributed by atoms with E-state index in [4.69, 9.17) is 11.5 Å². The van der Waals surface area contributed by atoms with Crippen molar-refractivity contribution in [3.05, 3.63) is 53.7 Å². The number of rotatable bonds is 4. The number of aromatic nitrogens is 2. The molecule has 3 aromatic rings. The molecule has 0 aliphatic carbocycles. The fourth-order valence-corrected chi connectivity index (χ4v) is 3.07. The summed E-state index contributed by atoms with van der Waals surface area (Å²) in [5.74, 6) is -6.58. The van der Waals surface area contributed by atoms with Crippen LogP contribution < -0.4 is 16.8 Å². The van der Waals surface area contributed by atoms with Crippen LogP contribution in [0.2, 0.25) is 0 Å². The Labute approximate surface area is 155 Å². The molecule has 0 bridgehead atoms. The lowest BCUT2D eigenvalue weighted by Gasteiger charge is -2.15. The van der Waals surface area contributed by atoms with Crippen LogP contribution in [0.4, 0.5) is 40.7 Å². The van der Waals surface area contributed by atoms with E-state index in [1.54, 1.807) is 24.3 Å². The zero-order valence-corrected chi connectivity index (χ0v) is 14.7. The predicted octanol–water partition coefficient (Wildman–Crippen LogP) is 4.33. The normalized spacial score (nSPS) is 10.9. The van der Waals surface area contributed by atoms with Crippen molar-refractivity contribution < 1.29 is 17.6 Å². The van der Waals surface area contributed by atoms with Crippen molar-refractivity contribution in [2.24, 2.45) is 0 Å². The fraction of sp³-hybridized carbons (Fsp3) is 0.0588. The van der Waals surface area contributed by atoms with E-state index in [1.807, 2.05) is 0 Å². The van der Waals surface area contributed by atoms with Crippen molar-refractivity contribution >= 4 is 34.9 Å². The predicted molar refractivity (Wildman–Crippen MR) is 97.6 cm³/mol. The van der Waals surface area contributed by atoms with E-state index in [1.165, 1.54) is 12.5 Å². The van der Waals surface area contributed by atoms with Gasteiger partial charge in [0.25, 0.3) is 0 Å². The summed E-state index contributed by atoms with van der Waals surface area (Å²) in [6.45, 7) is 0. The number of nitrogens with two attached hydrogens (primary N) is 2. The SMILES string of the molecule is CSc1c(F)c(F)c(F)c(F)c1Nc1cccc(-c2cnc(N)nc2N)c1. The first-order valence-electron chi connectivity index (χ1n) is 7.48. The molecule has 0 spiro atoms. The summed E-state index contributed by atoms with van der Waals surface area (Å²) in [6, 6.07) is 6.39. The number of nitrogens with one attached hydrogen (secondary N) is 1. The Bertz CT molecular complexity index is 1030. The lowest BCUT2D eigenvalue weighted by Crippen LogP contribution is -2.05. The molecule has 0 fully saturated rings. The topological polar surface area (TPSA) is 89.8 Å². The molecule has 27 heavy (non-hydrogen) atoms. The maximum absolute atomic E-state index is 14.2. The smallest absolute Gasteiger partial charge is 0.221 e. The van der Waals surface area contributed by atoms with Crippen LogP contribution in [0.5, 0.6) is 0 Å². The number of anilines is 4. The van der Waals surface area contributed by atoms with Gasteiger partial charge in [0.15, 0.2) is 23.3 Å². The Morgan fingerprint density at radius 1 is 1.00 bits per heavy atom. The largest absolute Gasteiger partial charge is 0.383 e. The number of nitrogens with zero attached hydrogens (tertiary/aromatic N) is 2. The van der Waals surface area contributed by atoms with Crippen molar-refractivity contribution in [3.8, 4) is 11.1 Å². The Hall–Kier alpha value is -3.01. The van der Waals surface area contributed by atoms with Gasteiger partial charge in [-0.1, -0.05) is 12.1 Å². The summed E-state index contributed by atoms with van der Waals surface area (Å²) in [5, 5.41) is 2.59. The number of hydrogen-bond acceptors (Lipinski definition) is 6. The average Bonchev–Trinajstić information content (AvgIpc) is 2.65. The Morgan fingerprint density at radius 3 is 2.37 bits per heavy atom.